The van der Waals surface area contributed by atoms with Crippen molar-refractivity contribution in [2.24, 2.45) is 0 Å². The Balaban J connectivity index is 0.000000136. The molecule has 0 radical (unpaired) electrons. The van der Waals surface area contributed by atoms with E-state index in [0.29, 0.717) is 11.9 Å². The van der Waals surface area contributed by atoms with Crippen LogP contribution in [0, 0.1) is 0 Å². The predicted molar refractivity (Wildman–Crippen MR) is 459 cm³/mol. The normalized spacial score (nSPS) is 11.8. The van der Waals surface area contributed by atoms with Gasteiger partial charge >= 0.3 is 0 Å². The molecule has 17 aromatic carbocycles. The third kappa shape index (κ3) is 10.3. The van der Waals surface area contributed by atoms with E-state index in [1.807, 2.05) is 0 Å². The molecule has 0 aliphatic heterocycles. The van der Waals surface area contributed by atoms with E-state index in [4.69, 9.17) is 19.9 Å². The van der Waals surface area contributed by atoms with Crippen LogP contribution >= 0.6 is 0 Å². The first-order valence-electron chi connectivity index (χ1n) is 37.4. The Morgan fingerprint density at radius 1 is 0.155 bits per heavy atom. The highest BCUT2D eigenvalue weighted by molar-refractivity contribution is 6.17. The number of benzene rings is 17. The van der Waals surface area contributed by atoms with E-state index < -0.39 is 0 Å². The molecule has 0 atom stereocenters. The largest absolute Gasteiger partial charge is 0.309 e. The number of nitrogens with zero attached hydrogens (tertiary/aromatic N) is 8. The molecule has 23 rings (SSSR count). The smallest absolute Gasteiger partial charge is 0.235 e. The molecule has 0 bridgehead atoms. The summed E-state index contributed by atoms with van der Waals surface area (Å²) in [5, 5.41) is 16.4. The molecule has 0 spiro atoms. The molecule has 8 nitrogen and oxygen atoms in total. The summed E-state index contributed by atoms with van der Waals surface area (Å²) >= 11 is 0. The number of para-hydroxylation sites is 6. The third-order valence-corrected chi connectivity index (χ3v) is 22.2. The first kappa shape index (κ1) is 62.5. The highest BCUT2D eigenvalue weighted by Crippen LogP contribution is 2.44. The Morgan fingerprint density at radius 3 is 0.855 bits per heavy atom. The Hall–Kier alpha value is -14.9. The fraction of sp³-hybridized carbons (Fsp3) is 0. The first-order valence-corrected chi connectivity index (χ1v) is 37.4. The molecular formula is C102H64N8. The average Bonchev–Trinajstić information content (AvgIpc) is 1.56. The van der Waals surface area contributed by atoms with Crippen molar-refractivity contribution in [3.8, 4) is 79.2 Å². The molecule has 0 aliphatic rings. The first-order chi connectivity index (χ1) is 54.5. The van der Waals surface area contributed by atoms with E-state index in [-0.39, 0.29) is 0 Å². The van der Waals surface area contributed by atoms with Gasteiger partial charge in [-0.1, -0.05) is 273 Å². The Labute approximate surface area is 632 Å². The zero-order valence-electron chi connectivity index (χ0n) is 59.5. The molecule has 512 valence electrons. The van der Waals surface area contributed by atoms with Crippen LogP contribution in [-0.4, -0.2) is 38.2 Å². The maximum absolute atomic E-state index is 5.56. The van der Waals surface area contributed by atoms with Gasteiger partial charge in [-0.3, -0.25) is 9.13 Å². The van der Waals surface area contributed by atoms with Gasteiger partial charge in [0.2, 0.25) is 11.9 Å². The van der Waals surface area contributed by atoms with Gasteiger partial charge < -0.3 is 9.13 Å². The fourth-order valence-electron chi connectivity index (χ4n) is 17.1. The number of hydrogen-bond acceptors (Lipinski definition) is 4. The van der Waals surface area contributed by atoms with E-state index >= 15 is 0 Å². The number of rotatable bonds is 9. The van der Waals surface area contributed by atoms with Crippen LogP contribution in [0.3, 0.4) is 0 Å². The summed E-state index contributed by atoms with van der Waals surface area (Å²) in [6.45, 7) is 0. The lowest BCUT2D eigenvalue weighted by Crippen LogP contribution is -2.04. The van der Waals surface area contributed by atoms with Gasteiger partial charge in [-0.25, -0.2) is 19.9 Å². The highest BCUT2D eigenvalue weighted by atomic mass is 15.2. The van der Waals surface area contributed by atoms with Crippen molar-refractivity contribution < 1.29 is 0 Å². The monoisotopic (exact) mass is 1400 g/mol. The number of aromatic nitrogens is 8. The zero-order chi connectivity index (χ0) is 72.3. The van der Waals surface area contributed by atoms with Crippen molar-refractivity contribution in [2.75, 3.05) is 0 Å². The maximum Gasteiger partial charge on any atom is 0.235 e. The summed E-state index contributed by atoms with van der Waals surface area (Å²) < 4.78 is 9.30. The minimum atomic E-state index is 0.639. The van der Waals surface area contributed by atoms with Crippen molar-refractivity contribution in [3.63, 3.8) is 0 Å². The van der Waals surface area contributed by atoms with E-state index in [1.165, 1.54) is 81.7 Å². The number of hydrogen-bond donors (Lipinski definition) is 0. The standard InChI is InChI=1S/C54H34N4.C48H30N4/c1-3-15-35(16-4-1)39-29-40(36-17-5-2-6-18-36)31-41(30-39)53-45-23-9-12-24-48(45)55-54(56-53)58-51-28-27-42(34-47(51)46-32-37-19-7-8-20-38(37)33-52(46)58)57-49-25-13-10-21-43(49)44-22-11-14-26-50(44)57;1-2-12-31(13-3-1)32-22-24-33(25-23-32)47-39-18-6-9-19-42(39)49-48(50-47)52-45-27-26-36(30-41(45)40-28-34-14-4-5-15-35(34)29-46(40)52)51-43-20-10-7-16-37(43)38-17-8-11-21-44(38)51/h1-34H;1-30H. The molecule has 0 saturated heterocycles. The van der Waals surface area contributed by atoms with Gasteiger partial charge in [-0.15, -0.1) is 0 Å². The molecular weight excluding hydrogens is 1340 g/mol. The second-order valence-corrected chi connectivity index (χ2v) is 28.5. The van der Waals surface area contributed by atoms with Gasteiger partial charge in [0.15, 0.2) is 0 Å². The Morgan fingerprint density at radius 2 is 0.445 bits per heavy atom. The molecule has 0 fully saturated rings. The maximum atomic E-state index is 5.56. The van der Waals surface area contributed by atoms with Crippen molar-refractivity contribution in [1.82, 2.24) is 38.2 Å². The Bertz CT molecular complexity index is 7470. The van der Waals surface area contributed by atoms with Crippen LogP contribution in [-0.2, 0) is 0 Å². The molecule has 0 N–H and O–H groups in total. The topological polar surface area (TPSA) is 71.3 Å². The predicted octanol–water partition coefficient (Wildman–Crippen LogP) is 26.3. The molecule has 8 heteroatoms. The van der Waals surface area contributed by atoms with Gasteiger partial charge in [-0.05, 0) is 170 Å². The van der Waals surface area contributed by atoms with Gasteiger partial charge in [0.05, 0.1) is 66.6 Å². The summed E-state index contributed by atoms with van der Waals surface area (Å²) in [5.74, 6) is 1.29. The van der Waals surface area contributed by atoms with Gasteiger partial charge in [0, 0.05) is 76.4 Å². The molecule has 0 amide bonds. The summed E-state index contributed by atoms with van der Waals surface area (Å²) in [6.07, 6.45) is 0. The zero-order valence-corrected chi connectivity index (χ0v) is 59.5. The molecule has 0 aliphatic carbocycles. The van der Waals surface area contributed by atoms with Crippen LogP contribution in [0.5, 0.6) is 0 Å². The van der Waals surface area contributed by atoms with Crippen molar-refractivity contribution in [3.05, 3.63) is 388 Å². The van der Waals surface area contributed by atoms with Gasteiger partial charge in [-0.2, -0.15) is 0 Å². The van der Waals surface area contributed by atoms with Crippen molar-refractivity contribution in [2.45, 2.75) is 0 Å². The van der Waals surface area contributed by atoms with Crippen LogP contribution in [0.25, 0.3) is 210 Å². The molecule has 0 unspecified atom stereocenters. The molecule has 6 heterocycles. The van der Waals surface area contributed by atoms with Crippen LogP contribution in [0.4, 0.5) is 0 Å². The minimum Gasteiger partial charge on any atom is -0.309 e. The van der Waals surface area contributed by atoms with E-state index in [0.717, 1.165) is 116 Å². The molecule has 23 aromatic rings. The van der Waals surface area contributed by atoms with Crippen LogP contribution in [0.15, 0.2) is 388 Å². The quantitative estimate of drug-likeness (QED) is 0.144. The van der Waals surface area contributed by atoms with E-state index in [2.05, 4.69) is 407 Å². The number of fused-ring (bicyclic) bond motifs is 16. The minimum absolute atomic E-state index is 0.639. The lowest BCUT2D eigenvalue weighted by molar-refractivity contribution is 1.01. The van der Waals surface area contributed by atoms with Gasteiger partial charge in [0.1, 0.15) is 0 Å². The second-order valence-electron chi connectivity index (χ2n) is 28.5. The third-order valence-electron chi connectivity index (χ3n) is 22.2. The van der Waals surface area contributed by atoms with E-state index in [1.54, 1.807) is 0 Å². The summed E-state index contributed by atoms with van der Waals surface area (Å²) in [6, 6.07) is 139. The summed E-state index contributed by atoms with van der Waals surface area (Å²) in [5.41, 5.74) is 23.9. The van der Waals surface area contributed by atoms with Crippen LogP contribution < -0.4 is 0 Å². The van der Waals surface area contributed by atoms with Crippen LogP contribution in [0.2, 0.25) is 0 Å². The summed E-state index contributed by atoms with van der Waals surface area (Å²) in [7, 11) is 0. The second kappa shape index (κ2) is 25.4. The highest BCUT2D eigenvalue weighted by Gasteiger charge is 2.24. The van der Waals surface area contributed by atoms with Crippen LogP contribution in [0.1, 0.15) is 0 Å². The summed E-state index contributed by atoms with van der Waals surface area (Å²) in [4.78, 5) is 21.6. The molecule has 110 heavy (non-hydrogen) atoms. The van der Waals surface area contributed by atoms with Crippen molar-refractivity contribution in [1.29, 1.82) is 0 Å². The fourth-order valence-corrected chi connectivity index (χ4v) is 17.1. The van der Waals surface area contributed by atoms with E-state index in [9.17, 15) is 0 Å². The van der Waals surface area contributed by atoms with Gasteiger partial charge in [0.25, 0.3) is 0 Å². The Kier molecular flexibility index (Phi) is 14.5. The average molecular weight is 1400 g/mol. The lowest BCUT2D eigenvalue weighted by atomic mass is 9.94. The molecule has 6 aromatic heterocycles. The SMILES string of the molecule is c1ccc(-c2cc(-c3ccccc3)cc(-c3nc(-n4c5ccc(-n6c7ccccc7c7ccccc76)cc5c5cc6ccccc6cc54)nc4ccccc34)c2)cc1.c1ccc(-c2ccc(-c3nc(-n4c5ccc(-n6c7ccccc7c7ccccc76)cc5c5cc6ccccc6cc54)nc4ccccc34)cc2)cc1. The molecule has 0 saturated carbocycles. The lowest BCUT2D eigenvalue weighted by Gasteiger charge is -2.15. The van der Waals surface area contributed by atoms with Crippen molar-refractivity contribution >= 4 is 131 Å².